The molecule has 1 unspecified atom stereocenters. The molecule has 0 aromatic rings. The van der Waals surface area contributed by atoms with Crippen molar-refractivity contribution in [2.24, 2.45) is 5.73 Å². The van der Waals surface area contributed by atoms with E-state index in [-0.39, 0.29) is 5.56 Å². The Balaban J connectivity index is 2.54. The van der Waals surface area contributed by atoms with Crippen LogP contribution in [0.15, 0.2) is 0 Å². The maximum atomic E-state index is 4.97. The van der Waals surface area contributed by atoms with Gasteiger partial charge < -0.3 is 0 Å². The second-order valence-corrected chi connectivity index (χ2v) is 1.93. The molecule has 0 aliphatic rings. The monoisotopic (exact) mass is 286 g/mol. The molecule has 0 saturated carbocycles. The van der Waals surface area contributed by atoms with Crippen LogP contribution in [0.4, 0.5) is 0 Å². The summed E-state index contributed by atoms with van der Waals surface area (Å²) in [5.41, 5.74) is 4.61. The summed E-state index contributed by atoms with van der Waals surface area (Å²) in [5, 5.41) is 0. The fraction of sp³-hybridized carbons (Fsp3) is 1.00. The average Bonchev–Trinajstić information content (AvgIpc) is 1.38. The molecule has 0 aromatic heterocycles. The zero-order valence-electron chi connectivity index (χ0n) is 2.51. The summed E-state index contributed by atoms with van der Waals surface area (Å²) in [5.74, 6) is 0. The van der Waals surface area contributed by atoms with Crippen molar-refractivity contribution < 1.29 is 2.69 Å². The predicted octanol–water partition coefficient (Wildman–Crippen LogP) is -0.741. The summed E-state index contributed by atoms with van der Waals surface area (Å²) in [6.07, 6.45) is 0. The van der Waals surface area contributed by atoms with Crippen molar-refractivity contribution in [3.8, 4) is 0 Å². The normalized spacial score (nSPS) is 15.0. The topological polar surface area (TPSA) is 35.2 Å². The summed E-state index contributed by atoms with van der Waals surface area (Å²) in [4.78, 5) is 0. The molecule has 2 nitrogen and oxygen atoms in total. The van der Waals surface area contributed by atoms with Crippen LogP contribution >= 0.6 is 12.6 Å². The summed E-state index contributed by atoms with van der Waals surface area (Å²) < 4.78 is 4.53. The molecule has 0 aromatic carbocycles. The van der Waals surface area contributed by atoms with Crippen molar-refractivity contribution in [2.45, 2.75) is 5.56 Å². The van der Waals surface area contributed by atoms with Gasteiger partial charge in [0.2, 0.25) is 0 Å². The summed E-state index contributed by atoms with van der Waals surface area (Å²) >= 11 is 4.36. The number of nitrogens with two attached hydrogens (primary N) is 1. The first-order valence-corrected chi connectivity index (χ1v) is 3.13. The van der Waals surface area contributed by atoms with E-state index in [0.29, 0.717) is 26.2 Å². The predicted molar refractivity (Wildman–Crippen MR) is 23.8 cm³/mol. The first-order chi connectivity index (χ1) is 2.27. The fourth-order valence-electron chi connectivity index (χ4n) is 0. The molecule has 0 aliphatic carbocycles. The second kappa shape index (κ2) is 3.38. The number of hydrogen-bond donors (Lipinski definition) is 2. The standard InChI is InChI=1S/CH4NOS.Pb/c2-1(3)4;/h1,4H,2H2;/q-1;+1. The van der Waals surface area contributed by atoms with Crippen LogP contribution in [0, 0.1) is 0 Å². The molecular weight excluding hydrogens is 281 g/mol. The van der Waals surface area contributed by atoms with E-state index >= 15 is 0 Å². The third-order valence-electron chi connectivity index (χ3n) is 0.121. The Bertz CT molecular complexity index is 25.6. The van der Waals surface area contributed by atoms with E-state index in [4.69, 9.17) is 5.73 Å². The third kappa shape index (κ3) is 5.19. The molecular formula is CH4NOPbS. The Morgan fingerprint density at radius 1 is 2.00 bits per heavy atom. The Hall–Kier alpha value is 1.19. The van der Waals surface area contributed by atoms with Crippen molar-refractivity contribution in [2.75, 3.05) is 0 Å². The Morgan fingerprint density at radius 3 is 2.20 bits per heavy atom. The van der Waals surface area contributed by atoms with Gasteiger partial charge in [-0.15, -0.1) is 0 Å². The molecule has 1 atom stereocenters. The van der Waals surface area contributed by atoms with Crippen molar-refractivity contribution in [1.29, 1.82) is 0 Å². The van der Waals surface area contributed by atoms with E-state index in [9.17, 15) is 0 Å². The van der Waals surface area contributed by atoms with Gasteiger partial charge in [-0.2, -0.15) is 0 Å². The van der Waals surface area contributed by atoms with Gasteiger partial charge in [-0.25, -0.2) is 0 Å². The molecule has 0 bridgehead atoms. The van der Waals surface area contributed by atoms with Crippen LogP contribution in [0.25, 0.3) is 0 Å². The first-order valence-electron chi connectivity index (χ1n) is 1.03. The first kappa shape index (κ1) is 6.19. The van der Waals surface area contributed by atoms with Crippen LogP contribution in [0.1, 0.15) is 0 Å². The minimum atomic E-state index is -0.360. The molecule has 4 heteroatoms. The molecule has 0 amide bonds. The van der Waals surface area contributed by atoms with Crippen molar-refractivity contribution in [1.82, 2.24) is 0 Å². The van der Waals surface area contributed by atoms with E-state index in [2.05, 4.69) is 15.3 Å². The Labute approximate surface area is 52.8 Å². The number of thiol groups is 1. The summed E-state index contributed by atoms with van der Waals surface area (Å²) in [7, 11) is 0. The maximum absolute atomic E-state index is 4.97. The van der Waals surface area contributed by atoms with E-state index in [1.807, 2.05) is 0 Å². The zero-order valence-corrected chi connectivity index (χ0v) is 7.29. The summed E-state index contributed by atoms with van der Waals surface area (Å²) in [6.45, 7) is 0. The summed E-state index contributed by atoms with van der Waals surface area (Å²) in [6, 6.07) is 0. The second-order valence-electron chi connectivity index (χ2n) is 0.508. The SMILES string of the molecule is NC(S)[O][Pb]. The van der Waals surface area contributed by atoms with Gasteiger partial charge in [0, 0.05) is 0 Å². The van der Waals surface area contributed by atoms with E-state index in [0.717, 1.165) is 0 Å². The fourth-order valence-corrected chi connectivity index (χ4v) is 0. The van der Waals surface area contributed by atoms with E-state index in [1.54, 1.807) is 0 Å². The van der Waals surface area contributed by atoms with Gasteiger partial charge in [-0.05, 0) is 0 Å². The Kier molecular flexibility index (Phi) is 4.19. The molecule has 2 N–H and O–H groups in total. The molecule has 0 saturated heterocycles. The van der Waals surface area contributed by atoms with Gasteiger partial charge in [0.1, 0.15) is 0 Å². The van der Waals surface area contributed by atoms with Gasteiger partial charge in [0.15, 0.2) is 0 Å². The minimum absolute atomic E-state index is 0.360. The van der Waals surface area contributed by atoms with E-state index in [1.165, 1.54) is 0 Å². The van der Waals surface area contributed by atoms with Crippen LogP contribution in [0.5, 0.6) is 0 Å². The molecule has 0 heterocycles. The quantitative estimate of drug-likeness (QED) is 0.378. The van der Waals surface area contributed by atoms with Crippen molar-refractivity contribution >= 4 is 38.8 Å². The molecule has 29 valence electrons. The van der Waals surface area contributed by atoms with Gasteiger partial charge in [0.05, 0.1) is 0 Å². The van der Waals surface area contributed by atoms with Crippen molar-refractivity contribution in [3.63, 3.8) is 0 Å². The van der Waals surface area contributed by atoms with Crippen LogP contribution in [0.2, 0.25) is 0 Å². The average molecular weight is 285 g/mol. The molecule has 0 fully saturated rings. The molecule has 0 aliphatic heterocycles. The Morgan fingerprint density at radius 2 is 2.20 bits per heavy atom. The van der Waals surface area contributed by atoms with Gasteiger partial charge in [-0.3, -0.25) is 0 Å². The third-order valence-corrected chi connectivity index (χ3v) is 1.98. The zero-order chi connectivity index (χ0) is 4.28. The molecule has 5 heavy (non-hydrogen) atoms. The van der Waals surface area contributed by atoms with Gasteiger partial charge in [-0.1, -0.05) is 0 Å². The van der Waals surface area contributed by atoms with E-state index < -0.39 is 0 Å². The number of rotatable bonds is 1. The van der Waals surface area contributed by atoms with Crippen LogP contribution in [-0.2, 0) is 2.69 Å². The molecule has 0 rings (SSSR count). The van der Waals surface area contributed by atoms with Crippen molar-refractivity contribution in [3.05, 3.63) is 0 Å². The van der Waals surface area contributed by atoms with Crippen LogP contribution in [0.3, 0.4) is 0 Å². The van der Waals surface area contributed by atoms with Gasteiger partial charge in [0.25, 0.3) is 0 Å². The van der Waals surface area contributed by atoms with Crippen LogP contribution in [-0.4, -0.2) is 31.8 Å². The number of hydrogen-bond acceptors (Lipinski definition) is 3. The molecule has 0 spiro atoms. The van der Waals surface area contributed by atoms with Crippen LogP contribution < -0.4 is 5.73 Å². The molecule has 3 radical (unpaired) electrons. The van der Waals surface area contributed by atoms with Gasteiger partial charge >= 0.3 is 52.8 Å².